The van der Waals surface area contributed by atoms with Gasteiger partial charge in [0.25, 0.3) is 0 Å². The number of esters is 3. The van der Waals surface area contributed by atoms with E-state index in [2.05, 4.69) is 106 Å². The minimum absolute atomic E-state index is 0.0792. The average molecular weight is 1100 g/mol. The summed E-state index contributed by atoms with van der Waals surface area (Å²) < 4.78 is 16.9. The monoisotopic (exact) mass is 1100 g/mol. The maximum atomic E-state index is 12.9. The van der Waals surface area contributed by atoms with Gasteiger partial charge >= 0.3 is 17.9 Å². The fourth-order valence-corrected chi connectivity index (χ4v) is 9.84. The van der Waals surface area contributed by atoms with E-state index >= 15 is 0 Å². The first-order valence-electron chi connectivity index (χ1n) is 34.1. The lowest BCUT2D eigenvalue weighted by atomic mass is 10.0. The van der Waals surface area contributed by atoms with Crippen molar-refractivity contribution in [1.29, 1.82) is 0 Å². The molecular formula is C73H128O6. The zero-order chi connectivity index (χ0) is 57.1. The molecule has 0 N–H and O–H groups in total. The molecule has 0 saturated heterocycles. The molecule has 0 rings (SSSR count). The smallest absolute Gasteiger partial charge is 0.306 e. The van der Waals surface area contributed by atoms with Gasteiger partial charge in [-0.3, -0.25) is 14.4 Å². The van der Waals surface area contributed by atoms with E-state index in [1.807, 2.05) is 0 Å². The molecule has 456 valence electrons. The Morgan fingerprint density at radius 1 is 0.266 bits per heavy atom. The van der Waals surface area contributed by atoms with E-state index in [0.717, 1.165) is 122 Å². The Balaban J connectivity index is 4.17. The summed E-state index contributed by atoms with van der Waals surface area (Å²) in [4.78, 5) is 38.2. The second kappa shape index (κ2) is 67.1. The number of hydrogen-bond donors (Lipinski definition) is 0. The number of ether oxygens (including phenoxy) is 3. The summed E-state index contributed by atoms with van der Waals surface area (Å²) in [7, 11) is 0. The van der Waals surface area contributed by atoms with Gasteiger partial charge in [-0.25, -0.2) is 0 Å². The van der Waals surface area contributed by atoms with Gasteiger partial charge < -0.3 is 14.2 Å². The van der Waals surface area contributed by atoms with Crippen molar-refractivity contribution in [1.82, 2.24) is 0 Å². The molecule has 1 atom stereocenters. The van der Waals surface area contributed by atoms with Gasteiger partial charge in [0, 0.05) is 19.3 Å². The molecule has 6 heteroatoms. The number of allylic oxidation sites excluding steroid dienone is 14. The van der Waals surface area contributed by atoms with Crippen molar-refractivity contribution >= 4 is 17.9 Å². The van der Waals surface area contributed by atoms with Crippen molar-refractivity contribution in [3.63, 3.8) is 0 Å². The molecule has 0 aromatic rings. The predicted molar refractivity (Wildman–Crippen MR) is 344 cm³/mol. The molecule has 0 fully saturated rings. The SMILES string of the molecule is CC/C=C\C/C=C\C/C=C\C/C=C\C/C=C\C/C=C\C/C=C\CCCCCCCC(=O)OCC(COC(=O)CCCCCCCCCC)OC(=O)CCCCCCCCCCCCCCCCCCCCCCCCCCCC. The van der Waals surface area contributed by atoms with Crippen LogP contribution in [-0.4, -0.2) is 37.2 Å². The first-order valence-corrected chi connectivity index (χ1v) is 34.1. The van der Waals surface area contributed by atoms with Crippen LogP contribution in [0.25, 0.3) is 0 Å². The van der Waals surface area contributed by atoms with Gasteiger partial charge in [-0.05, 0) is 77.0 Å². The van der Waals surface area contributed by atoms with Gasteiger partial charge in [0.15, 0.2) is 6.10 Å². The third kappa shape index (κ3) is 65.3. The minimum atomic E-state index is -0.782. The predicted octanol–water partition coefficient (Wildman–Crippen LogP) is 23.4. The largest absolute Gasteiger partial charge is 0.462 e. The molecule has 0 aliphatic carbocycles. The van der Waals surface area contributed by atoms with Crippen molar-refractivity contribution in [2.75, 3.05) is 13.2 Å². The Labute approximate surface area is 490 Å². The quantitative estimate of drug-likeness (QED) is 0.0261. The van der Waals surface area contributed by atoms with E-state index < -0.39 is 6.10 Å². The molecule has 0 amide bonds. The van der Waals surface area contributed by atoms with Gasteiger partial charge in [-0.1, -0.05) is 331 Å². The van der Waals surface area contributed by atoms with Crippen LogP contribution in [0, 0.1) is 0 Å². The first kappa shape index (κ1) is 75.6. The highest BCUT2D eigenvalue weighted by molar-refractivity contribution is 5.71. The van der Waals surface area contributed by atoms with Gasteiger partial charge in [0.2, 0.25) is 0 Å². The summed E-state index contributed by atoms with van der Waals surface area (Å²) in [6, 6.07) is 0. The molecule has 0 aliphatic rings. The fourth-order valence-electron chi connectivity index (χ4n) is 9.84. The summed E-state index contributed by atoms with van der Waals surface area (Å²) in [5, 5.41) is 0. The van der Waals surface area contributed by atoms with Crippen molar-refractivity contribution < 1.29 is 28.6 Å². The lowest BCUT2D eigenvalue weighted by Gasteiger charge is -2.18. The van der Waals surface area contributed by atoms with E-state index in [1.165, 1.54) is 180 Å². The Hall–Kier alpha value is -3.41. The Kier molecular flexibility index (Phi) is 64.2. The van der Waals surface area contributed by atoms with Crippen LogP contribution in [-0.2, 0) is 28.6 Å². The Morgan fingerprint density at radius 3 is 0.772 bits per heavy atom. The van der Waals surface area contributed by atoms with Crippen LogP contribution in [0.3, 0.4) is 0 Å². The van der Waals surface area contributed by atoms with Crippen LogP contribution in [0.2, 0.25) is 0 Å². The number of carbonyl (C=O) groups is 3. The number of carbonyl (C=O) groups excluding carboxylic acids is 3. The maximum Gasteiger partial charge on any atom is 0.306 e. The highest BCUT2D eigenvalue weighted by atomic mass is 16.6. The maximum absolute atomic E-state index is 12.9. The Morgan fingerprint density at radius 2 is 0.494 bits per heavy atom. The molecule has 0 aromatic heterocycles. The third-order valence-electron chi connectivity index (χ3n) is 14.9. The van der Waals surface area contributed by atoms with E-state index in [0.29, 0.717) is 19.3 Å². The summed E-state index contributed by atoms with van der Waals surface area (Å²) in [6.07, 6.45) is 89.1. The molecule has 1 unspecified atom stereocenters. The fraction of sp³-hybridized carbons (Fsp3) is 0.767. The molecule has 79 heavy (non-hydrogen) atoms. The molecule has 0 aliphatic heterocycles. The number of rotatable bonds is 62. The van der Waals surface area contributed by atoms with Gasteiger partial charge in [-0.2, -0.15) is 0 Å². The summed E-state index contributed by atoms with van der Waals surface area (Å²) in [5.74, 6) is -0.888. The molecule has 0 heterocycles. The third-order valence-corrected chi connectivity index (χ3v) is 14.9. The normalized spacial score (nSPS) is 12.6. The summed E-state index contributed by atoms with van der Waals surface area (Å²) in [6.45, 7) is 6.52. The minimum Gasteiger partial charge on any atom is -0.462 e. The first-order chi connectivity index (χ1) is 39.0. The van der Waals surface area contributed by atoms with E-state index in [9.17, 15) is 14.4 Å². The van der Waals surface area contributed by atoms with Crippen molar-refractivity contribution in [2.24, 2.45) is 0 Å². The van der Waals surface area contributed by atoms with Gasteiger partial charge in [-0.15, -0.1) is 0 Å². The molecule has 0 saturated carbocycles. The van der Waals surface area contributed by atoms with E-state index in [4.69, 9.17) is 14.2 Å². The van der Waals surface area contributed by atoms with Gasteiger partial charge in [0.05, 0.1) is 0 Å². The lowest BCUT2D eigenvalue weighted by molar-refractivity contribution is -0.167. The molecule has 6 nitrogen and oxygen atoms in total. The Bertz CT molecular complexity index is 1500. The highest BCUT2D eigenvalue weighted by Gasteiger charge is 2.19. The van der Waals surface area contributed by atoms with Crippen molar-refractivity contribution in [2.45, 2.75) is 348 Å². The molecule has 0 radical (unpaired) electrons. The standard InChI is InChI=1S/C73H128O6/c1-4-7-10-13-16-19-21-23-25-27-29-31-33-35-37-39-40-42-44-46-48-50-52-54-57-60-63-66-72(75)78-69-70(68-77-71(74)65-62-59-56-18-15-12-9-6-3)79-73(76)67-64-61-58-55-53-51-49-47-45-43-41-38-36-34-32-30-28-26-24-22-20-17-14-11-8-5-2/h7,10,16,19,23,25,29,31,35,37,40,42,46,48,70H,4-6,8-9,11-15,17-18,20-22,24,26-28,30,32-34,36,38-39,41,43-45,47,49-69H2,1-3H3/b10-7-,19-16-,25-23-,31-29-,37-35-,42-40-,48-46-. The second-order valence-corrected chi connectivity index (χ2v) is 22.7. The van der Waals surface area contributed by atoms with Crippen LogP contribution in [0.4, 0.5) is 0 Å². The van der Waals surface area contributed by atoms with Crippen molar-refractivity contribution in [3.8, 4) is 0 Å². The highest BCUT2D eigenvalue weighted by Crippen LogP contribution is 2.18. The topological polar surface area (TPSA) is 78.9 Å². The average Bonchev–Trinajstić information content (AvgIpc) is 3.45. The zero-order valence-electron chi connectivity index (χ0n) is 52.4. The molecule has 0 spiro atoms. The number of unbranched alkanes of at least 4 members (excludes halogenated alkanes) is 37. The second-order valence-electron chi connectivity index (χ2n) is 22.7. The molecule has 0 bridgehead atoms. The zero-order valence-corrected chi connectivity index (χ0v) is 52.4. The van der Waals surface area contributed by atoms with Crippen LogP contribution in [0.15, 0.2) is 85.1 Å². The van der Waals surface area contributed by atoms with Crippen molar-refractivity contribution in [3.05, 3.63) is 85.1 Å². The molecule has 0 aromatic carbocycles. The van der Waals surface area contributed by atoms with Crippen LogP contribution < -0.4 is 0 Å². The number of hydrogen-bond acceptors (Lipinski definition) is 6. The lowest BCUT2D eigenvalue weighted by Crippen LogP contribution is -2.30. The van der Waals surface area contributed by atoms with Crippen LogP contribution in [0.5, 0.6) is 0 Å². The summed E-state index contributed by atoms with van der Waals surface area (Å²) >= 11 is 0. The van der Waals surface area contributed by atoms with Crippen LogP contribution >= 0.6 is 0 Å². The van der Waals surface area contributed by atoms with Crippen LogP contribution in [0.1, 0.15) is 342 Å². The molecular weight excluding hydrogens is 973 g/mol. The van der Waals surface area contributed by atoms with E-state index in [1.54, 1.807) is 0 Å². The van der Waals surface area contributed by atoms with Gasteiger partial charge in [0.1, 0.15) is 13.2 Å². The summed E-state index contributed by atoms with van der Waals surface area (Å²) in [5.41, 5.74) is 0. The van der Waals surface area contributed by atoms with E-state index in [-0.39, 0.29) is 31.1 Å².